The number of hydrogen-bond donors (Lipinski definition) is 0. The van der Waals surface area contributed by atoms with E-state index in [4.69, 9.17) is 0 Å². The Hall–Kier alpha value is -0.850. The summed E-state index contributed by atoms with van der Waals surface area (Å²) in [5, 5.41) is 0. The van der Waals surface area contributed by atoms with E-state index < -0.39 is 0 Å². The highest BCUT2D eigenvalue weighted by Gasteiger charge is 2.69. The van der Waals surface area contributed by atoms with Crippen LogP contribution in [0.3, 0.4) is 0 Å². The van der Waals surface area contributed by atoms with Gasteiger partial charge in [0.15, 0.2) is 0 Å². The lowest BCUT2D eigenvalue weighted by Gasteiger charge is -2.41. The minimum absolute atomic E-state index is 0.371. The Morgan fingerprint density at radius 3 is 2.47 bits per heavy atom. The Bertz CT molecular complexity index is 388. The van der Waals surface area contributed by atoms with E-state index >= 15 is 0 Å². The van der Waals surface area contributed by atoms with Crippen LogP contribution >= 0.6 is 0 Å². The van der Waals surface area contributed by atoms with Gasteiger partial charge in [-0.05, 0) is 54.1 Å². The normalized spacial score (nSPS) is 40.1. The van der Waals surface area contributed by atoms with Crippen molar-refractivity contribution in [2.75, 3.05) is 0 Å². The van der Waals surface area contributed by atoms with Crippen molar-refractivity contribution >= 4 is 6.29 Å². The van der Waals surface area contributed by atoms with Gasteiger partial charge in [0, 0.05) is 0 Å². The van der Waals surface area contributed by atoms with Gasteiger partial charge in [-0.25, -0.2) is 0 Å². The molecule has 2 aliphatic rings. The standard InChI is InChI=1S/C16H24O/c1-13(7-11-17)6-10-16-12-15(16,4)9-5-8-14(16,2)3/h6-7,10-11H,5,8-9,12H2,1-4H3/b10-6+,13-7+. The van der Waals surface area contributed by atoms with Crippen LogP contribution in [0, 0.1) is 16.2 Å². The molecule has 0 aromatic heterocycles. The van der Waals surface area contributed by atoms with Gasteiger partial charge in [0.2, 0.25) is 0 Å². The molecule has 2 fully saturated rings. The fourth-order valence-electron chi connectivity index (χ4n) is 4.00. The van der Waals surface area contributed by atoms with Crippen LogP contribution in [-0.2, 0) is 4.79 Å². The highest BCUT2D eigenvalue weighted by molar-refractivity contribution is 5.67. The second kappa shape index (κ2) is 3.83. The Balaban J connectivity index is 2.25. The molecule has 2 unspecified atom stereocenters. The lowest BCUT2D eigenvalue weighted by atomic mass is 9.63. The third kappa shape index (κ3) is 1.80. The Labute approximate surface area is 105 Å². The van der Waals surface area contributed by atoms with Gasteiger partial charge in [-0.3, -0.25) is 4.79 Å². The topological polar surface area (TPSA) is 17.1 Å². The molecule has 2 atom stereocenters. The van der Waals surface area contributed by atoms with E-state index in [2.05, 4.69) is 32.9 Å². The first-order valence-electron chi connectivity index (χ1n) is 6.68. The summed E-state index contributed by atoms with van der Waals surface area (Å²) in [6.07, 6.45) is 12.4. The first-order chi connectivity index (χ1) is 7.87. The molecule has 17 heavy (non-hydrogen) atoms. The molecule has 0 heterocycles. The van der Waals surface area contributed by atoms with Crippen LogP contribution in [0.5, 0.6) is 0 Å². The van der Waals surface area contributed by atoms with Crippen molar-refractivity contribution in [3.63, 3.8) is 0 Å². The molecule has 0 saturated heterocycles. The van der Waals surface area contributed by atoms with Crippen LogP contribution in [0.1, 0.15) is 53.4 Å². The molecule has 0 N–H and O–H groups in total. The van der Waals surface area contributed by atoms with Gasteiger partial charge in [-0.1, -0.05) is 39.3 Å². The average molecular weight is 232 g/mol. The van der Waals surface area contributed by atoms with Crippen molar-refractivity contribution in [3.05, 3.63) is 23.8 Å². The fraction of sp³-hybridized carbons (Fsp3) is 0.688. The first kappa shape index (κ1) is 12.6. The van der Waals surface area contributed by atoms with E-state index in [1.165, 1.54) is 25.7 Å². The van der Waals surface area contributed by atoms with Crippen LogP contribution in [0.25, 0.3) is 0 Å². The summed E-state index contributed by atoms with van der Waals surface area (Å²) < 4.78 is 0. The van der Waals surface area contributed by atoms with Crippen LogP contribution in [0.2, 0.25) is 0 Å². The largest absolute Gasteiger partial charge is 0.299 e. The second-order valence-electron chi connectivity index (χ2n) is 6.83. The van der Waals surface area contributed by atoms with Crippen LogP contribution in [0.4, 0.5) is 0 Å². The van der Waals surface area contributed by atoms with E-state index in [9.17, 15) is 4.79 Å². The SMILES string of the molecule is CC(/C=C/C12CC1(C)CCCC2(C)C)=C\C=O. The van der Waals surface area contributed by atoms with E-state index in [0.717, 1.165) is 11.9 Å². The summed E-state index contributed by atoms with van der Waals surface area (Å²) in [5.74, 6) is 0. The number of allylic oxidation sites excluding steroid dienone is 4. The monoisotopic (exact) mass is 232 g/mol. The maximum absolute atomic E-state index is 10.4. The van der Waals surface area contributed by atoms with Gasteiger partial charge in [-0.2, -0.15) is 0 Å². The first-order valence-corrected chi connectivity index (χ1v) is 6.68. The quantitative estimate of drug-likeness (QED) is 0.403. The summed E-state index contributed by atoms with van der Waals surface area (Å²) in [6, 6.07) is 0. The molecule has 0 bridgehead atoms. The van der Waals surface area contributed by atoms with E-state index in [0.29, 0.717) is 16.2 Å². The highest BCUT2D eigenvalue weighted by atomic mass is 16.1. The van der Waals surface area contributed by atoms with Gasteiger partial charge < -0.3 is 0 Å². The number of aldehydes is 1. The van der Waals surface area contributed by atoms with Crippen LogP contribution in [-0.4, -0.2) is 6.29 Å². The van der Waals surface area contributed by atoms with Gasteiger partial charge in [-0.15, -0.1) is 0 Å². The van der Waals surface area contributed by atoms with Crippen molar-refractivity contribution in [1.82, 2.24) is 0 Å². The number of rotatable bonds is 3. The number of carbonyl (C=O) groups is 1. The predicted octanol–water partition coefficient (Wildman–Crippen LogP) is 4.29. The summed E-state index contributed by atoms with van der Waals surface area (Å²) in [5.41, 5.74) is 2.34. The average Bonchev–Trinajstić information content (AvgIpc) is 2.84. The van der Waals surface area contributed by atoms with Crippen molar-refractivity contribution in [2.45, 2.75) is 53.4 Å². The molecule has 94 valence electrons. The van der Waals surface area contributed by atoms with E-state index in [1.807, 2.05) is 6.92 Å². The zero-order valence-corrected chi connectivity index (χ0v) is 11.5. The molecule has 0 spiro atoms. The number of fused-ring (bicyclic) bond motifs is 1. The molecule has 1 heteroatoms. The third-order valence-corrected chi connectivity index (χ3v) is 5.32. The van der Waals surface area contributed by atoms with Crippen LogP contribution in [0.15, 0.2) is 23.8 Å². The van der Waals surface area contributed by atoms with E-state index in [-0.39, 0.29) is 0 Å². The van der Waals surface area contributed by atoms with Gasteiger partial charge in [0.05, 0.1) is 0 Å². The zero-order valence-electron chi connectivity index (χ0n) is 11.5. The molecule has 2 rings (SSSR count). The maximum atomic E-state index is 10.4. The fourth-order valence-corrected chi connectivity index (χ4v) is 4.00. The molecule has 0 radical (unpaired) electrons. The van der Waals surface area contributed by atoms with Crippen molar-refractivity contribution in [3.8, 4) is 0 Å². The predicted molar refractivity (Wildman–Crippen MR) is 71.8 cm³/mol. The summed E-state index contributed by atoms with van der Waals surface area (Å²) in [7, 11) is 0. The van der Waals surface area contributed by atoms with Crippen molar-refractivity contribution < 1.29 is 4.79 Å². The number of carbonyl (C=O) groups excluding carboxylic acids is 1. The Morgan fingerprint density at radius 1 is 1.18 bits per heavy atom. The summed E-state index contributed by atoms with van der Waals surface area (Å²) in [6.45, 7) is 9.23. The number of hydrogen-bond acceptors (Lipinski definition) is 1. The zero-order chi connectivity index (χ0) is 12.7. The Morgan fingerprint density at radius 2 is 1.88 bits per heavy atom. The second-order valence-corrected chi connectivity index (χ2v) is 6.83. The molecule has 2 saturated carbocycles. The van der Waals surface area contributed by atoms with Gasteiger partial charge in [0.1, 0.15) is 6.29 Å². The molecular weight excluding hydrogens is 208 g/mol. The smallest absolute Gasteiger partial charge is 0.143 e. The van der Waals surface area contributed by atoms with Gasteiger partial charge in [0.25, 0.3) is 0 Å². The van der Waals surface area contributed by atoms with Crippen LogP contribution < -0.4 is 0 Å². The molecule has 0 aromatic rings. The lowest BCUT2D eigenvalue weighted by molar-refractivity contribution is -0.104. The van der Waals surface area contributed by atoms with Crippen molar-refractivity contribution in [2.24, 2.45) is 16.2 Å². The Kier molecular flexibility index (Phi) is 2.84. The molecule has 0 amide bonds. The molecular formula is C16H24O. The molecule has 2 aliphatic carbocycles. The van der Waals surface area contributed by atoms with Crippen molar-refractivity contribution in [1.29, 1.82) is 0 Å². The minimum Gasteiger partial charge on any atom is -0.299 e. The highest BCUT2D eigenvalue weighted by Crippen LogP contribution is 2.78. The lowest BCUT2D eigenvalue weighted by Crippen LogP contribution is -2.32. The van der Waals surface area contributed by atoms with Gasteiger partial charge >= 0.3 is 0 Å². The third-order valence-electron chi connectivity index (χ3n) is 5.32. The minimum atomic E-state index is 0.371. The summed E-state index contributed by atoms with van der Waals surface area (Å²) in [4.78, 5) is 10.4. The maximum Gasteiger partial charge on any atom is 0.143 e. The molecule has 0 aromatic carbocycles. The van der Waals surface area contributed by atoms with E-state index in [1.54, 1.807) is 6.08 Å². The molecule has 0 aliphatic heterocycles. The molecule has 1 nitrogen and oxygen atoms in total. The summed E-state index contributed by atoms with van der Waals surface area (Å²) >= 11 is 0.